The summed E-state index contributed by atoms with van der Waals surface area (Å²) in [5.41, 5.74) is 1.40. The Morgan fingerprint density at radius 3 is 2.71 bits per heavy atom. The van der Waals surface area contributed by atoms with Gasteiger partial charge in [0.15, 0.2) is 11.5 Å². The Hall–Kier alpha value is -2.24. The van der Waals surface area contributed by atoms with Gasteiger partial charge >= 0.3 is 0 Å². The van der Waals surface area contributed by atoms with Gasteiger partial charge in [0, 0.05) is 17.1 Å². The molecule has 0 aliphatic carbocycles. The van der Waals surface area contributed by atoms with Crippen LogP contribution in [0, 0.1) is 0 Å². The second-order valence-corrected chi connectivity index (χ2v) is 5.99. The molecule has 0 spiro atoms. The first-order chi connectivity index (χ1) is 11.6. The molecule has 0 saturated carbocycles. The van der Waals surface area contributed by atoms with Crippen molar-refractivity contribution >= 4 is 17.5 Å². The van der Waals surface area contributed by atoms with Gasteiger partial charge in [0.05, 0.1) is 20.3 Å². The highest BCUT2D eigenvalue weighted by molar-refractivity contribution is 6.30. The first kappa shape index (κ1) is 16.6. The quantitative estimate of drug-likeness (QED) is 0.925. The van der Waals surface area contributed by atoms with E-state index in [4.69, 9.17) is 21.1 Å². The minimum atomic E-state index is -0.188. The average molecular weight is 348 g/mol. The van der Waals surface area contributed by atoms with Crippen molar-refractivity contribution in [2.75, 3.05) is 26.8 Å². The molecule has 0 radical (unpaired) electrons. The average Bonchev–Trinajstić information content (AvgIpc) is 2.61. The first-order valence-electron chi connectivity index (χ1n) is 7.62. The van der Waals surface area contributed by atoms with E-state index < -0.39 is 0 Å². The van der Waals surface area contributed by atoms with E-state index in [1.807, 2.05) is 24.3 Å². The monoisotopic (exact) mass is 347 g/mol. The van der Waals surface area contributed by atoms with Gasteiger partial charge in [-0.3, -0.25) is 4.79 Å². The Balaban J connectivity index is 1.75. The maximum atomic E-state index is 12.7. The number of rotatable bonds is 3. The van der Waals surface area contributed by atoms with E-state index in [1.165, 1.54) is 13.2 Å². The summed E-state index contributed by atoms with van der Waals surface area (Å²) >= 11 is 5.91. The van der Waals surface area contributed by atoms with E-state index >= 15 is 0 Å². The summed E-state index contributed by atoms with van der Waals surface area (Å²) in [7, 11) is 1.47. The van der Waals surface area contributed by atoms with Crippen molar-refractivity contribution in [1.29, 1.82) is 0 Å². The number of carbonyl (C=O) groups is 1. The van der Waals surface area contributed by atoms with Crippen LogP contribution in [0.4, 0.5) is 0 Å². The van der Waals surface area contributed by atoms with Gasteiger partial charge in [-0.05, 0) is 35.9 Å². The van der Waals surface area contributed by atoms with Gasteiger partial charge < -0.3 is 19.5 Å². The summed E-state index contributed by atoms with van der Waals surface area (Å²) in [5, 5.41) is 10.5. The van der Waals surface area contributed by atoms with Crippen molar-refractivity contribution in [2.24, 2.45) is 0 Å². The van der Waals surface area contributed by atoms with Gasteiger partial charge in [0.25, 0.3) is 5.91 Å². The zero-order chi connectivity index (χ0) is 17.1. The molecule has 1 aliphatic heterocycles. The normalized spacial score (nSPS) is 17.6. The number of carbonyl (C=O) groups excluding carboxylic acids is 1. The predicted molar refractivity (Wildman–Crippen MR) is 90.7 cm³/mol. The molecule has 1 amide bonds. The zero-order valence-electron chi connectivity index (χ0n) is 13.2. The van der Waals surface area contributed by atoms with Crippen LogP contribution in [0.1, 0.15) is 22.0 Å². The van der Waals surface area contributed by atoms with E-state index in [-0.39, 0.29) is 17.8 Å². The molecule has 3 rings (SSSR count). The number of morpholine rings is 1. The molecule has 1 N–H and O–H groups in total. The lowest BCUT2D eigenvalue weighted by Gasteiger charge is -2.33. The lowest BCUT2D eigenvalue weighted by molar-refractivity contribution is -0.0228. The number of phenols is 1. The molecule has 24 heavy (non-hydrogen) atoms. The van der Waals surface area contributed by atoms with Crippen LogP contribution >= 0.6 is 11.6 Å². The molecule has 1 heterocycles. The number of nitrogens with zero attached hydrogens (tertiary/aromatic N) is 1. The van der Waals surface area contributed by atoms with Gasteiger partial charge in [-0.1, -0.05) is 23.7 Å². The fourth-order valence-electron chi connectivity index (χ4n) is 2.72. The predicted octanol–water partition coefficient (Wildman–Crippen LogP) is 3.27. The molecular formula is C18H18ClNO4. The highest BCUT2D eigenvalue weighted by Gasteiger charge is 2.26. The number of benzene rings is 2. The molecule has 6 heteroatoms. The van der Waals surface area contributed by atoms with Crippen LogP contribution in [0.15, 0.2) is 42.5 Å². The van der Waals surface area contributed by atoms with E-state index in [0.29, 0.717) is 36.0 Å². The van der Waals surface area contributed by atoms with Crippen molar-refractivity contribution in [3.8, 4) is 11.5 Å². The van der Waals surface area contributed by atoms with Gasteiger partial charge in [-0.2, -0.15) is 0 Å². The van der Waals surface area contributed by atoms with Crippen LogP contribution in [-0.2, 0) is 4.74 Å². The van der Waals surface area contributed by atoms with Gasteiger partial charge in [0.1, 0.15) is 6.10 Å². The largest absolute Gasteiger partial charge is 0.504 e. The van der Waals surface area contributed by atoms with Crippen molar-refractivity contribution in [3.63, 3.8) is 0 Å². The minimum Gasteiger partial charge on any atom is -0.504 e. The number of halogens is 1. The summed E-state index contributed by atoms with van der Waals surface area (Å²) in [6.07, 6.45) is -0.188. The molecule has 126 valence electrons. The Labute approximate surface area is 145 Å². The number of amides is 1. The van der Waals surface area contributed by atoms with Gasteiger partial charge in [0.2, 0.25) is 0 Å². The summed E-state index contributed by atoms with van der Waals surface area (Å²) in [6.45, 7) is 1.42. The molecule has 1 saturated heterocycles. The van der Waals surface area contributed by atoms with Crippen molar-refractivity contribution in [2.45, 2.75) is 6.10 Å². The third kappa shape index (κ3) is 3.47. The Kier molecular flexibility index (Phi) is 4.92. The summed E-state index contributed by atoms with van der Waals surface area (Å²) in [5.74, 6) is 0.147. The number of hydrogen-bond donors (Lipinski definition) is 1. The molecule has 2 aromatic rings. The number of hydrogen-bond acceptors (Lipinski definition) is 4. The van der Waals surface area contributed by atoms with Crippen LogP contribution in [-0.4, -0.2) is 42.7 Å². The third-order valence-corrected chi connectivity index (χ3v) is 4.27. The van der Waals surface area contributed by atoms with Crippen LogP contribution in [0.25, 0.3) is 0 Å². The van der Waals surface area contributed by atoms with E-state index in [9.17, 15) is 9.90 Å². The van der Waals surface area contributed by atoms with E-state index in [2.05, 4.69) is 0 Å². The van der Waals surface area contributed by atoms with Gasteiger partial charge in [-0.25, -0.2) is 0 Å². The number of aromatic hydroxyl groups is 1. The molecule has 1 fully saturated rings. The van der Waals surface area contributed by atoms with Crippen LogP contribution < -0.4 is 4.74 Å². The fourth-order valence-corrected chi connectivity index (χ4v) is 2.84. The highest BCUT2D eigenvalue weighted by atomic mass is 35.5. The lowest BCUT2D eigenvalue weighted by Crippen LogP contribution is -2.42. The standard InChI is InChI=1S/C18H18ClNO4/c1-23-16-7-4-13(10-15(16)21)18(22)20-8-9-24-17(11-20)12-2-5-14(19)6-3-12/h2-7,10,17,21H,8-9,11H2,1H3. The SMILES string of the molecule is COc1ccc(C(=O)N2CCOC(c3ccc(Cl)cc3)C2)cc1O. The molecule has 1 unspecified atom stereocenters. The van der Waals surface area contributed by atoms with E-state index in [1.54, 1.807) is 17.0 Å². The Morgan fingerprint density at radius 1 is 1.29 bits per heavy atom. The smallest absolute Gasteiger partial charge is 0.254 e. The van der Waals surface area contributed by atoms with Crippen LogP contribution in [0.5, 0.6) is 11.5 Å². The molecular weight excluding hydrogens is 330 g/mol. The van der Waals surface area contributed by atoms with Crippen molar-refractivity contribution in [3.05, 3.63) is 58.6 Å². The van der Waals surface area contributed by atoms with Gasteiger partial charge in [-0.15, -0.1) is 0 Å². The molecule has 5 nitrogen and oxygen atoms in total. The lowest BCUT2D eigenvalue weighted by atomic mass is 10.1. The zero-order valence-corrected chi connectivity index (χ0v) is 14.0. The van der Waals surface area contributed by atoms with E-state index in [0.717, 1.165) is 5.56 Å². The maximum Gasteiger partial charge on any atom is 0.254 e. The minimum absolute atomic E-state index is 0.0501. The molecule has 2 aromatic carbocycles. The number of methoxy groups -OCH3 is 1. The number of ether oxygens (including phenoxy) is 2. The summed E-state index contributed by atoms with van der Waals surface area (Å²) in [4.78, 5) is 14.4. The maximum absolute atomic E-state index is 12.7. The van der Waals surface area contributed by atoms with Crippen LogP contribution in [0.3, 0.4) is 0 Å². The van der Waals surface area contributed by atoms with Crippen molar-refractivity contribution < 1.29 is 19.4 Å². The number of phenolic OH excluding ortho intramolecular Hbond substituents is 1. The highest BCUT2D eigenvalue weighted by Crippen LogP contribution is 2.28. The third-order valence-electron chi connectivity index (χ3n) is 4.02. The molecule has 0 bridgehead atoms. The molecule has 1 atom stereocenters. The Bertz CT molecular complexity index is 732. The summed E-state index contributed by atoms with van der Waals surface area (Å²) < 4.78 is 10.8. The second kappa shape index (κ2) is 7.11. The second-order valence-electron chi connectivity index (χ2n) is 5.55. The first-order valence-corrected chi connectivity index (χ1v) is 7.99. The molecule has 1 aliphatic rings. The molecule has 0 aromatic heterocycles. The Morgan fingerprint density at radius 2 is 2.04 bits per heavy atom. The fraction of sp³-hybridized carbons (Fsp3) is 0.278. The topological polar surface area (TPSA) is 59.0 Å². The van der Waals surface area contributed by atoms with Crippen LogP contribution in [0.2, 0.25) is 5.02 Å². The summed E-state index contributed by atoms with van der Waals surface area (Å²) in [6, 6.07) is 12.1. The van der Waals surface area contributed by atoms with Crippen molar-refractivity contribution in [1.82, 2.24) is 4.90 Å².